The van der Waals surface area contributed by atoms with Crippen LogP contribution < -0.4 is 5.32 Å². The van der Waals surface area contributed by atoms with Gasteiger partial charge in [-0.25, -0.2) is 0 Å². The summed E-state index contributed by atoms with van der Waals surface area (Å²) in [5.41, 5.74) is 1.85. The number of pyridine rings is 1. The fraction of sp³-hybridized carbons (Fsp3) is 0.667. The van der Waals surface area contributed by atoms with E-state index in [1.54, 1.807) is 0 Å². The summed E-state index contributed by atoms with van der Waals surface area (Å²) in [6, 6.07) is 4.97. The lowest BCUT2D eigenvalue weighted by Gasteiger charge is -2.24. The van der Waals surface area contributed by atoms with Crippen LogP contribution in [0.5, 0.6) is 0 Å². The monoisotopic (exact) mass is 232 g/mol. The van der Waals surface area contributed by atoms with Crippen molar-refractivity contribution in [3.8, 4) is 0 Å². The van der Waals surface area contributed by atoms with E-state index in [0.717, 1.165) is 12.6 Å². The lowest BCUT2D eigenvalue weighted by atomic mass is 9.82. The molecule has 0 aliphatic heterocycles. The van der Waals surface area contributed by atoms with Crippen molar-refractivity contribution in [2.45, 2.75) is 52.0 Å². The Bertz CT molecular complexity index is 336. The fourth-order valence-corrected chi connectivity index (χ4v) is 3.00. The molecule has 1 saturated carbocycles. The average molecular weight is 232 g/mol. The Hall–Kier alpha value is -0.890. The van der Waals surface area contributed by atoms with E-state index in [9.17, 15) is 0 Å². The van der Waals surface area contributed by atoms with Gasteiger partial charge in [-0.1, -0.05) is 19.9 Å². The van der Waals surface area contributed by atoms with Crippen LogP contribution in [0.15, 0.2) is 24.5 Å². The summed E-state index contributed by atoms with van der Waals surface area (Å²) < 4.78 is 0. The van der Waals surface area contributed by atoms with Gasteiger partial charge in [0.05, 0.1) is 0 Å². The third kappa shape index (κ3) is 3.53. The normalized spacial score (nSPS) is 28.5. The van der Waals surface area contributed by atoms with Crippen molar-refractivity contribution in [3.05, 3.63) is 30.1 Å². The highest BCUT2D eigenvalue weighted by atomic mass is 14.9. The van der Waals surface area contributed by atoms with Crippen molar-refractivity contribution in [1.82, 2.24) is 10.3 Å². The van der Waals surface area contributed by atoms with Crippen molar-refractivity contribution in [3.63, 3.8) is 0 Å². The molecule has 2 rings (SSSR count). The zero-order chi connectivity index (χ0) is 12.1. The van der Waals surface area contributed by atoms with Gasteiger partial charge in [0, 0.05) is 18.4 Å². The molecule has 0 spiro atoms. The third-order valence-electron chi connectivity index (χ3n) is 3.87. The number of nitrogens with zero attached hydrogens (tertiary/aromatic N) is 1. The largest absolute Gasteiger partial charge is 0.314 e. The summed E-state index contributed by atoms with van der Waals surface area (Å²) in [4.78, 5) is 4.21. The molecule has 1 aromatic rings. The molecule has 0 bridgehead atoms. The van der Waals surface area contributed by atoms with Crippen LogP contribution in [0.2, 0.25) is 0 Å². The molecule has 1 fully saturated rings. The number of hydrogen-bond acceptors (Lipinski definition) is 2. The Balaban J connectivity index is 1.89. The van der Waals surface area contributed by atoms with Crippen LogP contribution in [0, 0.1) is 5.41 Å². The van der Waals surface area contributed by atoms with Crippen molar-refractivity contribution in [2.75, 3.05) is 6.54 Å². The predicted octanol–water partition coefficient (Wildman–Crippen LogP) is 3.18. The summed E-state index contributed by atoms with van der Waals surface area (Å²) >= 11 is 0. The molecule has 1 N–H and O–H groups in total. The van der Waals surface area contributed by atoms with Gasteiger partial charge in [0.2, 0.25) is 0 Å². The van der Waals surface area contributed by atoms with Crippen LogP contribution in [0.4, 0.5) is 0 Å². The lowest BCUT2D eigenvalue weighted by Crippen LogP contribution is -2.28. The maximum absolute atomic E-state index is 4.21. The molecular formula is C15H24N2. The predicted molar refractivity (Wildman–Crippen MR) is 72.0 cm³/mol. The van der Waals surface area contributed by atoms with Gasteiger partial charge in [0.1, 0.15) is 0 Å². The Morgan fingerprint density at radius 3 is 3.12 bits per heavy atom. The first-order chi connectivity index (χ1) is 8.22. The summed E-state index contributed by atoms with van der Waals surface area (Å²) in [7, 11) is 0. The molecule has 2 unspecified atom stereocenters. The van der Waals surface area contributed by atoms with Crippen LogP contribution in [0.1, 0.15) is 45.1 Å². The molecule has 1 aliphatic rings. The Morgan fingerprint density at radius 1 is 1.53 bits per heavy atom. The van der Waals surface area contributed by atoms with E-state index < -0.39 is 0 Å². The number of hydrogen-bond donors (Lipinski definition) is 1. The van der Waals surface area contributed by atoms with E-state index in [4.69, 9.17) is 0 Å². The van der Waals surface area contributed by atoms with Crippen molar-refractivity contribution >= 4 is 0 Å². The topological polar surface area (TPSA) is 24.9 Å². The maximum Gasteiger partial charge on any atom is 0.0300 e. The van der Waals surface area contributed by atoms with Crippen molar-refractivity contribution in [1.29, 1.82) is 0 Å². The minimum atomic E-state index is 0.467. The minimum Gasteiger partial charge on any atom is -0.314 e. The van der Waals surface area contributed by atoms with Gasteiger partial charge in [-0.2, -0.15) is 0 Å². The van der Waals surface area contributed by atoms with Crippen molar-refractivity contribution in [2.24, 2.45) is 5.41 Å². The highest BCUT2D eigenvalue weighted by molar-refractivity contribution is 5.12. The maximum atomic E-state index is 4.21. The average Bonchev–Trinajstić information content (AvgIpc) is 2.69. The van der Waals surface area contributed by atoms with E-state index in [0.29, 0.717) is 5.41 Å². The van der Waals surface area contributed by atoms with Gasteiger partial charge >= 0.3 is 0 Å². The smallest absolute Gasteiger partial charge is 0.0300 e. The Labute approximate surface area is 105 Å². The van der Waals surface area contributed by atoms with Crippen LogP contribution in [-0.2, 0) is 6.42 Å². The molecule has 0 amide bonds. The lowest BCUT2D eigenvalue weighted by molar-refractivity contribution is 0.321. The second kappa shape index (κ2) is 5.63. The van der Waals surface area contributed by atoms with E-state index in [1.165, 1.54) is 37.7 Å². The summed E-state index contributed by atoms with van der Waals surface area (Å²) in [6.45, 7) is 5.82. The molecule has 1 aromatic heterocycles. The quantitative estimate of drug-likeness (QED) is 0.843. The van der Waals surface area contributed by atoms with Gasteiger partial charge in [0.15, 0.2) is 0 Å². The van der Waals surface area contributed by atoms with Gasteiger partial charge in [-0.15, -0.1) is 0 Å². The third-order valence-corrected chi connectivity index (χ3v) is 3.87. The van der Waals surface area contributed by atoms with Crippen molar-refractivity contribution < 1.29 is 0 Å². The summed E-state index contributed by atoms with van der Waals surface area (Å²) in [5, 5.41) is 3.66. The van der Waals surface area contributed by atoms with E-state index in [-0.39, 0.29) is 0 Å². The molecule has 1 aliphatic carbocycles. The first-order valence-corrected chi connectivity index (χ1v) is 6.84. The van der Waals surface area contributed by atoms with Gasteiger partial charge in [-0.3, -0.25) is 4.98 Å². The standard InChI is InChI=1S/C15H24N2/c1-3-8-17-14-6-7-15(2,11-14)10-13-5-4-9-16-12-13/h4-5,9,12,14,17H,3,6-8,10-11H2,1-2H3. The van der Waals surface area contributed by atoms with E-state index >= 15 is 0 Å². The van der Waals surface area contributed by atoms with E-state index in [1.807, 2.05) is 18.5 Å². The SMILES string of the molecule is CCCNC1CCC(C)(Cc2cccnc2)C1. The summed E-state index contributed by atoms with van der Waals surface area (Å²) in [6.07, 6.45) is 10.2. The first-order valence-electron chi connectivity index (χ1n) is 6.84. The van der Waals surface area contributed by atoms with Gasteiger partial charge < -0.3 is 5.32 Å². The molecule has 2 heteroatoms. The number of nitrogens with one attached hydrogen (secondary N) is 1. The second-order valence-corrected chi connectivity index (χ2v) is 5.74. The highest BCUT2D eigenvalue weighted by Crippen LogP contribution is 2.40. The molecule has 1 heterocycles. The van der Waals surface area contributed by atoms with Gasteiger partial charge in [0.25, 0.3) is 0 Å². The van der Waals surface area contributed by atoms with Crippen LogP contribution >= 0.6 is 0 Å². The Morgan fingerprint density at radius 2 is 2.41 bits per heavy atom. The number of aromatic nitrogens is 1. The van der Waals surface area contributed by atoms with E-state index in [2.05, 4.69) is 30.2 Å². The zero-order valence-corrected chi connectivity index (χ0v) is 11.1. The highest BCUT2D eigenvalue weighted by Gasteiger charge is 2.34. The molecule has 17 heavy (non-hydrogen) atoms. The zero-order valence-electron chi connectivity index (χ0n) is 11.1. The molecular weight excluding hydrogens is 208 g/mol. The molecule has 2 atom stereocenters. The Kier molecular flexibility index (Phi) is 4.16. The summed E-state index contributed by atoms with van der Waals surface area (Å²) in [5.74, 6) is 0. The first kappa shape index (κ1) is 12.6. The number of rotatable bonds is 5. The molecule has 2 nitrogen and oxygen atoms in total. The van der Waals surface area contributed by atoms with Crippen LogP contribution in [0.3, 0.4) is 0 Å². The van der Waals surface area contributed by atoms with Gasteiger partial charge in [-0.05, 0) is 55.7 Å². The molecule has 0 aromatic carbocycles. The minimum absolute atomic E-state index is 0.467. The molecule has 0 saturated heterocycles. The van der Waals surface area contributed by atoms with Crippen LogP contribution in [0.25, 0.3) is 0 Å². The second-order valence-electron chi connectivity index (χ2n) is 5.74. The fourth-order valence-electron chi connectivity index (χ4n) is 3.00. The van der Waals surface area contributed by atoms with Crippen LogP contribution in [-0.4, -0.2) is 17.6 Å². The molecule has 0 radical (unpaired) electrons. The molecule has 94 valence electrons.